The summed E-state index contributed by atoms with van der Waals surface area (Å²) >= 11 is 0. The van der Waals surface area contributed by atoms with E-state index in [0.29, 0.717) is 12.4 Å². The summed E-state index contributed by atoms with van der Waals surface area (Å²) in [6.45, 7) is 5.45. The minimum Gasteiger partial charge on any atom is -0.377 e. The lowest BCUT2D eigenvalue weighted by Crippen LogP contribution is -2.19. The normalized spacial score (nSPS) is 10.5. The maximum atomic E-state index is 5.15. The van der Waals surface area contributed by atoms with Crippen LogP contribution in [0.4, 0.5) is 17.3 Å². The van der Waals surface area contributed by atoms with Crippen LogP contribution in [0.1, 0.15) is 18.3 Å². The summed E-state index contributed by atoms with van der Waals surface area (Å²) in [4.78, 5) is 11.2. The molecule has 0 fully saturated rings. The van der Waals surface area contributed by atoms with Crippen molar-refractivity contribution in [2.24, 2.45) is 0 Å². The zero-order valence-corrected chi connectivity index (χ0v) is 13.1. The molecule has 112 valence electrons. The third-order valence-electron chi connectivity index (χ3n) is 3.29. The van der Waals surface area contributed by atoms with Crippen molar-refractivity contribution in [1.29, 1.82) is 0 Å². The fraction of sp³-hybridized carbons (Fsp3) is 0.375. The van der Waals surface area contributed by atoms with Gasteiger partial charge in [0.25, 0.3) is 0 Å². The first kappa shape index (κ1) is 15.3. The van der Waals surface area contributed by atoms with E-state index in [-0.39, 0.29) is 0 Å². The fourth-order valence-corrected chi connectivity index (χ4v) is 2.27. The summed E-state index contributed by atoms with van der Waals surface area (Å²) < 4.78 is 5.15. The van der Waals surface area contributed by atoms with E-state index in [9.17, 15) is 0 Å². The monoisotopic (exact) mass is 286 g/mol. The number of anilines is 3. The van der Waals surface area contributed by atoms with E-state index in [1.54, 1.807) is 7.11 Å². The molecule has 5 nitrogen and oxygen atoms in total. The number of hydrogen-bond donors (Lipinski definition) is 1. The smallest absolute Gasteiger partial charge is 0.158 e. The van der Waals surface area contributed by atoms with Gasteiger partial charge in [0, 0.05) is 32.5 Å². The lowest BCUT2D eigenvalue weighted by molar-refractivity contribution is 0.178. The summed E-state index contributed by atoms with van der Waals surface area (Å²) in [5.74, 6) is 2.34. The highest BCUT2D eigenvalue weighted by Gasteiger charge is 2.13. The van der Waals surface area contributed by atoms with Crippen molar-refractivity contribution in [2.75, 3.05) is 30.9 Å². The van der Waals surface area contributed by atoms with Gasteiger partial charge in [-0.15, -0.1) is 0 Å². The van der Waals surface area contributed by atoms with Crippen LogP contribution >= 0.6 is 0 Å². The maximum absolute atomic E-state index is 5.15. The number of aromatic nitrogens is 2. The van der Waals surface area contributed by atoms with Crippen LogP contribution in [0.25, 0.3) is 0 Å². The van der Waals surface area contributed by atoms with Crippen LogP contribution < -0.4 is 10.2 Å². The largest absolute Gasteiger partial charge is 0.377 e. The Labute approximate surface area is 126 Å². The highest BCUT2D eigenvalue weighted by atomic mass is 16.5. The second-order valence-electron chi connectivity index (χ2n) is 4.74. The van der Waals surface area contributed by atoms with Crippen molar-refractivity contribution in [3.63, 3.8) is 0 Å². The van der Waals surface area contributed by atoms with Gasteiger partial charge in [0.2, 0.25) is 0 Å². The molecule has 2 rings (SSSR count). The number of methoxy groups -OCH3 is 1. The molecule has 5 heteroatoms. The van der Waals surface area contributed by atoms with Crippen molar-refractivity contribution in [2.45, 2.75) is 20.5 Å². The molecule has 0 spiro atoms. The lowest BCUT2D eigenvalue weighted by Gasteiger charge is -2.24. The zero-order chi connectivity index (χ0) is 15.2. The van der Waals surface area contributed by atoms with Crippen LogP contribution in [0.5, 0.6) is 0 Å². The first-order valence-corrected chi connectivity index (χ1v) is 7.07. The number of nitrogens with zero attached hydrogens (tertiary/aromatic N) is 3. The highest BCUT2D eigenvalue weighted by molar-refractivity contribution is 5.65. The Morgan fingerprint density at radius 2 is 2.00 bits per heavy atom. The standard InChI is InChI=1S/C16H22N4O/c1-5-20(13-9-7-6-8-12(13)2)16-10-14(17-3)18-15(19-16)11-21-4/h6-10H,5,11H2,1-4H3,(H,17,18,19). The Morgan fingerprint density at radius 1 is 1.24 bits per heavy atom. The van der Waals surface area contributed by atoms with Crippen molar-refractivity contribution in [1.82, 2.24) is 9.97 Å². The molecule has 1 N–H and O–H groups in total. The molecule has 1 aromatic carbocycles. The van der Waals surface area contributed by atoms with Crippen LogP contribution in [-0.2, 0) is 11.3 Å². The average molecular weight is 286 g/mol. The summed E-state index contributed by atoms with van der Waals surface area (Å²) in [7, 11) is 3.50. The van der Waals surface area contributed by atoms with Crippen molar-refractivity contribution >= 4 is 17.3 Å². The van der Waals surface area contributed by atoms with Crippen molar-refractivity contribution < 1.29 is 4.74 Å². The third-order valence-corrected chi connectivity index (χ3v) is 3.29. The van der Waals surface area contributed by atoms with Crippen LogP contribution in [0.2, 0.25) is 0 Å². The molecule has 0 aliphatic heterocycles. The molecule has 0 bridgehead atoms. The van der Waals surface area contributed by atoms with E-state index >= 15 is 0 Å². The van der Waals surface area contributed by atoms with E-state index < -0.39 is 0 Å². The van der Waals surface area contributed by atoms with Gasteiger partial charge in [-0.05, 0) is 25.5 Å². The Morgan fingerprint density at radius 3 is 2.62 bits per heavy atom. The van der Waals surface area contributed by atoms with Crippen LogP contribution in [-0.4, -0.2) is 30.7 Å². The lowest BCUT2D eigenvalue weighted by atomic mass is 10.2. The van der Waals surface area contributed by atoms with E-state index in [2.05, 4.69) is 46.2 Å². The summed E-state index contributed by atoms with van der Waals surface area (Å²) in [5, 5.41) is 3.08. The molecule has 0 saturated carbocycles. The van der Waals surface area contributed by atoms with Crippen molar-refractivity contribution in [3.05, 3.63) is 41.7 Å². The van der Waals surface area contributed by atoms with Gasteiger partial charge in [0.15, 0.2) is 5.82 Å². The molecule has 1 aromatic heterocycles. The zero-order valence-electron chi connectivity index (χ0n) is 13.1. The average Bonchev–Trinajstić information content (AvgIpc) is 2.50. The Kier molecular flexibility index (Phi) is 5.11. The first-order chi connectivity index (χ1) is 10.2. The van der Waals surface area contributed by atoms with E-state index in [1.807, 2.05) is 25.2 Å². The van der Waals surface area contributed by atoms with E-state index in [4.69, 9.17) is 4.74 Å². The Hall–Kier alpha value is -2.14. The van der Waals surface area contributed by atoms with E-state index in [1.165, 1.54) is 5.56 Å². The van der Waals surface area contributed by atoms with Gasteiger partial charge >= 0.3 is 0 Å². The molecule has 0 radical (unpaired) electrons. The number of hydrogen-bond acceptors (Lipinski definition) is 5. The molecule has 0 saturated heterocycles. The molecule has 2 aromatic rings. The minimum atomic E-state index is 0.397. The van der Waals surface area contributed by atoms with Gasteiger partial charge in [-0.3, -0.25) is 0 Å². The van der Waals surface area contributed by atoms with Crippen molar-refractivity contribution in [3.8, 4) is 0 Å². The maximum Gasteiger partial charge on any atom is 0.158 e. The van der Waals surface area contributed by atoms with Gasteiger partial charge in [0.05, 0.1) is 0 Å². The van der Waals surface area contributed by atoms with Crippen LogP contribution in [0.15, 0.2) is 30.3 Å². The summed E-state index contributed by atoms with van der Waals surface area (Å²) in [6, 6.07) is 10.3. The third kappa shape index (κ3) is 3.49. The van der Waals surface area contributed by atoms with Crippen LogP contribution in [0.3, 0.4) is 0 Å². The van der Waals surface area contributed by atoms with E-state index in [0.717, 1.165) is 23.9 Å². The van der Waals surface area contributed by atoms with Gasteiger partial charge in [-0.1, -0.05) is 18.2 Å². The molecular formula is C16H22N4O. The molecule has 0 aliphatic rings. The Bertz CT molecular complexity index is 601. The molecule has 1 heterocycles. The van der Waals surface area contributed by atoms with Gasteiger partial charge < -0.3 is 15.0 Å². The summed E-state index contributed by atoms with van der Waals surface area (Å²) in [5.41, 5.74) is 2.38. The molecule has 0 amide bonds. The summed E-state index contributed by atoms with van der Waals surface area (Å²) in [6.07, 6.45) is 0. The number of rotatable bonds is 6. The molecular weight excluding hydrogens is 264 g/mol. The number of para-hydroxylation sites is 1. The highest BCUT2D eigenvalue weighted by Crippen LogP contribution is 2.27. The first-order valence-electron chi connectivity index (χ1n) is 7.07. The SMILES string of the molecule is CCN(c1cc(NC)nc(COC)n1)c1ccccc1C. The molecule has 0 unspecified atom stereocenters. The number of aryl methyl sites for hydroxylation is 1. The quantitative estimate of drug-likeness (QED) is 0.884. The number of benzene rings is 1. The van der Waals surface area contributed by atoms with Gasteiger partial charge in [-0.2, -0.15) is 0 Å². The number of nitrogens with one attached hydrogen (secondary N) is 1. The molecule has 21 heavy (non-hydrogen) atoms. The predicted octanol–water partition coefficient (Wildman–Crippen LogP) is 3.13. The minimum absolute atomic E-state index is 0.397. The fourth-order valence-electron chi connectivity index (χ4n) is 2.27. The van der Waals surface area contributed by atoms with Gasteiger partial charge in [0.1, 0.15) is 18.2 Å². The number of ether oxygens (including phenoxy) is 1. The van der Waals surface area contributed by atoms with Gasteiger partial charge in [-0.25, -0.2) is 9.97 Å². The molecule has 0 aliphatic carbocycles. The second-order valence-corrected chi connectivity index (χ2v) is 4.74. The van der Waals surface area contributed by atoms with Crippen LogP contribution in [0, 0.1) is 6.92 Å². The molecule has 0 atom stereocenters. The second kappa shape index (κ2) is 7.04. The predicted molar refractivity (Wildman–Crippen MR) is 86.2 cm³/mol. The Balaban J connectivity index is 2.46. The topological polar surface area (TPSA) is 50.3 Å².